The Kier molecular flexibility index (Phi) is 8.58. The lowest BCUT2D eigenvalue weighted by atomic mass is 10.1. The summed E-state index contributed by atoms with van der Waals surface area (Å²) in [7, 11) is 0. The number of hydrogen-bond acceptors (Lipinski definition) is 3. The molecule has 0 heterocycles. The molecule has 0 unspecified atom stereocenters. The minimum absolute atomic E-state index is 0.0393. The minimum Gasteiger partial charge on any atom is -0.354 e. The number of rotatable bonds is 9. The van der Waals surface area contributed by atoms with E-state index >= 15 is 0 Å². The van der Waals surface area contributed by atoms with E-state index in [0.29, 0.717) is 24.8 Å². The summed E-state index contributed by atoms with van der Waals surface area (Å²) in [4.78, 5) is 28.4. The van der Waals surface area contributed by atoms with Gasteiger partial charge in [0.05, 0.1) is 5.75 Å². The fraction of sp³-hybridized carbons (Fsp3) is 0.391. The molecule has 2 aromatic rings. The highest BCUT2D eigenvalue weighted by atomic mass is 32.2. The van der Waals surface area contributed by atoms with Gasteiger partial charge in [-0.15, -0.1) is 11.8 Å². The molecule has 2 aromatic carbocycles. The Bertz CT molecular complexity index is 777. The molecule has 0 aliphatic heterocycles. The molecule has 150 valence electrons. The Balaban J connectivity index is 2.11. The monoisotopic (exact) mass is 398 g/mol. The van der Waals surface area contributed by atoms with E-state index < -0.39 is 6.04 Å². The van der Waals surface area contributed by atoms with Crippen LogP contribution in [0.3, 0.4) is 0 Å². The highest BCUT2D eigenvalue weighted by Crippen LogP contribution is 2.19. The number of benzene rings is 2. The lowest BCUT2D eigenvalue weighted by Crippen LogP contribution is -2.48. The zero-order valence-corrected chi connectivity index (χ0v) is 18.0. The number of nitrogens with zero attached hydrogens (tertiary/aromatic N) is 1. The standard InChI is InChI=1S/C23H30N2O2S/c1-17(2)14-24-23(27)19(4)25(15-20-10-8-9-18(3)13-20)22(26)16-28-21-11-6-5-7-12-21/h5-13,17,19H,14-16H2,1-4H3,(H,24,27)/t19-/m1/s1. The van der Waals surface area contributed by atoms with Crippen LogP contribution in [-0.2, 0) is 16.1 Å². The summed E-state index contributed by atoms with van der Waals surface area (Å²) in [5, 5.41) is 2.95. The van der Waals surface area contributed by atoms with Crippen molar-refractivity contribution in [2.24, 2.45) is 5.92 Å². The summed E-state index contributed by atoms with van der Waals surface area (Å²) in [5.41, 5.74) is 2.17. The Morgan fingerprint density at radius 2 is 1.75 bits per heavy atom. The highest BCUT2D eigenvalue weighted by Gasteiger charge is 2.26. The predicted octanol–water partition coefficient (Wildman–Crippen LogP) is 4.28. The number of carbonyl (C=O) groups is 2. The normalized spacial score (nSPS) is 11.9. The summed E-state index contributed by atoms with van der Waals surface area (Å²) in [6.45, 7) is 8.96. The first-order chi connectivity index (χ1) is 13.4. The van der Waals surface area contributed by atoms with Crippen LogP contribution in [-0.4, -0.2) is 35.1 Å². The largest absolute Gasteiger partial charge is 0.354 e. The average Bonchev–Trinajstić information content (AvgIpc) is 2.68. The summed E-state index contributed by atoms with van der Waals surface area (Å²) < 4.78 is 0. The van der Waals surface area contributed by atoms with Crippen molar-refractivity contribution in [3.05, 3.63) is 65.7 Å². The molecule has 0 saturated carbocycles. The molecule has 4 nitrogen and oxygen atoms in total. The molecule has 0 radical (unpaired) electrons. The van der Waals surface area contributed by atoms with Crippen molar-refractivity contribution in [2.45, 2.75) is 45.2 Å². The molecule has 0 aromatic heterocycles. The van der Waals surface area contributed by atoms with Gasteiger partial charge in [0.2, 0.25) is 11.8 Å². The van der Waals surface area contributed by atoms with Gasteiger partial charge in [0.1, 0.15) is 6.04 Å². The molecule has 2 amide bonds. The zero-order valence-electron chi connectivity index (χ0n) is 17.1. The zero-order chi connectivity index (χ0) is 20.5. The Morgan fingerprint density at radius 3 is 2.39 bits per heavy atom. The van der Waals surface area contributed by atoms with E-state index in [4.69, 9.17) is 0 Å². The summed E-state index contributed by atoms with van der Waals surface area (Å²) in [6.07, 6.45) is 0. The van der Waals surface area contributed by atoms with Gasteiger partial charge in [-0.25, -0.2) is 0 Å². The van der Waals surface area contributed by atoms with Gasteiger partial charge in [-0.2, -0.15) is 0 Å². The predicted molar refractivity (Wildman–Crippen MR) is 116 cm³/mol. The Morgan fingerprint density at radius 1 is 1.04 bits per heavy atom. The maximum absolute atomic E-state index is 13.0. The van der Waals surface area contributed by atoms with E-state index in [1.165, 1.54) is 11.8 Å². The van der Waals surface area contributed by atoms with Crippen LogP contribution in [0.25, 0.3) is 0 Å². The second kappa shape index (κ2) is 10.9. The van der Waals surface area contributed by atoms with Gasteiger partial charge < -0.3 is 10.2 Å². The van der Waals surface area contributed by atoms with E-state index in [9.17, 15) is 9.59 Å². The molecular weight excluding hydrogens is 368 g/mol. The van der Waals surface area contributed by atoms with Crippen molar-refractivity contribution < 1.29 is 9.59 Å². The lowest BCUT2D eigenvalue weighted by Gasteiger charge is -2.29. The van der Waals surface area contributed by atoms with Gasteiger partial charge in [0.15, 0.2) is 0 Å². The molecule has 1 N–H and O–H groups in total. The first kappa shape index (κ1) is 22.0. The van der Waals surface area contributed by atoms with Crippen LogP contribution >= 0.6 is 11.8 Å². The topological polar surface area (TPSA) is 49.4 Å². The molecule has 5 heteroatoms. The molecule has 0 aliphatic rings. The maximum atomic E-state index is 13.0. The van der Waals surface area contributed by atoms with Gasteiger partial charge in [-0.05, 0) is 37.5 Å². The van der Waals surface area contributed by atoms with E-state index in [1.54, 1.807) is 11.8 Å². The summed E-state index contributed by atoms with van der Waals surface area (Å²) in [5.74, 6) is 0.519. The summed E-state index contributed by atoms with van der Waals surface area (Å²) >= 11 is 1.50. The smallest absolute Gasteiger partial charge is 0.242 e. The highest BCUT2D eigenvalue weighted by molar-refractivity contribution is 8.00. The van der Waals surface area contributed by atoms with Gasteiger partial charge in [-0.1, -0.05) is 61.9 Å². The van der Waals surface area contributed by atoms with Gasteiger partial charge >= 0.3 is 0 Å². The SMILES string of the molecule is Cc1cccc(CN(C(=O)CSc2ccccc2)[C@H](C)C(=O)NCC(C)C)c1. The average molecular weight is 399 g/mol. The van der Waals surface area contributed by atoms with Crippen LogP contribution < -0.4 is 5.32 Å². The lowest BCUT2D eigenvalue weighted by molar-refractivity contribution is -0.138. The first-order valence-corrected chi connectivity index (χ1v) is 10.7. The molecule has 2 rings (SSSR count). The summed E-state index contributed by atoms with van der Waals surface area (Å²) in [6, 6.07) is 17.4. The third-order valence-electron chi connectivity index (χ3n) is 4.39. The van der Waals surface area contributed by atoms with Crippen molar-refractivity contribution in [2.75, 3.05) is 12.3 Å². The van der Waals surface area contributed by atoms with Crippen molar-refractivity contribution in [3.63, 3.8) is 0 Å². The number of carbonyl (C=O) groups excluding carboxylic acids is 2. The fourth-order valence-corrected chi connectivity index (χ4v) is 3.59. The Labute approximate surface area is 172 Å². The van der Waals surface area contributed by atoms with Gasteiger partial charge in [0.25, 0.3) is 0 Å². The quantitative estimate of drug-likeness (QED) is 0.642. The Hall–Kier alpha value is -2.27. The van der Waals surface area contributed by atoms with Crippen molar-refractivity contribution in [3.8, 4) is 0 Å². The number of aryl methyl sites for hydroxylation is 1. The van der Waals surface area contributed by atoms with Crippen molar-refractivity contribution >= 4 is 23.6 Å². The van der Waals surface area contributed by atoms with E-state index in [1.807, 2.05) is 55.5 Å². The van der Waals surface area contributed by atoms with Crippen LogP contribution in [0.4, 0.5) is 0 Å². The first-order valence-electron chi connectivity index (χ1n) is 9.67. The van der Waals surface area contributed by atoms with E-state index in [2.05, 4.69) is 25.2 Å². The molecule has 28 heavy (non-hydrogen) atoms. The third kappa shape index (κ3) is 7.04. The van der Waals surface area contributed by atoms with Gasteiger partial charge in [-0.3, -0.25) is 9.59 Å². The number of thioether (sulfide) groups is 1. The number of amides is 2. The molecule has 0 fully saturated rings. The van der Waals surface area contributed by atoms with Crippen LogP contribution in [0.2, 0.25) is 0 Å². The molecular formula is C23H30N2O2S. The number of nitrogens with one attached hydrogen (secondary N) is 1. The molecule has 0 saturated heterocycles. The third-order valence-corrected chi connectivity index (χ3v) is 5.39. The molecule has 0 bridgehead atoms. The fourth-order valence-electron chi connectivity index (χ4n) is 2.79. The second-order valence-corrected chi connectivity index (χ2v) is 8.48. The van der Waals surface area contributed by atoms with Crippen molar-refractivity contribution in [1.82, 2.24) is 10.2 Å². The molecule has 1 atom stereocenters. The van der Waals surface area contributed by atoms with Gasteiger partial charge in [0, 0.05) is 18.0 Å². The van der Waals surface area contributed by atoms with E-state index in [-0.39, 0.29) is 11.8 Å². The minimum atomic E-state index is -0.525. The molecule has 0 aliphatic carbocycles. The van der Waals surface area contributed by atoms with Crippen LogP contribution in [0.5, 0.6) is 0 Å². The van der Waals surface area contributed by atoms with E-state index in [0.717, 1.165) is 16.0 Å². The maximum Gasteiger partial charge on any atom is 0.242 e. The van der Waals surface area contributed by atoms with Crippen molar-refractivity contribution in [1.29, 1.82) is 0 Å². The van der Waals surface area contributed by atoms with Crippen LogP contribution in [0.1, 0.15) is 31.9 Å². The molecule has 0 spiro atoms. The second-order valence-electron chi connectivity index (χ2n) is 7.43. The van der Waals surface area contributed by atoms with Crippen LogP contribution in [0.15, 0.2) is 59.5 Å². The number of hydrogen-bond donors (Lipinski definition) is 1. The van der Waals surface area contributed by atoms with Crippen LogP contribution in [0, 0.1) is 12.8 Å².